The predicted molar refractivity (Wildman–Crippen MR) is 392 cm³/mol. The number of hydrogen-bond donors (Lipinski definition) is 1. The van der Waals surface area contributed by atoms with Gasteiger partial charge in [0.1, 0.15) is 0 Å². The Morgan fingerprint density at radius 3 is 1.11 bits per heavy atom. The summed E-state index contributed by atoms with van der Waals surface area (Å²) in [6.45, 7) is 8.87. The van der Waals surface area contributed by atoms with Gasteiger partial charge in [-0.2, -0.15) is 0 Å². The monoisotopic (exact) mass is 1340 g/mol. The number of sulfonamides is 1. The quantitative estimate of drug-likeness (QED) is 0.0383. The molecule has 482 valence electrons. The molecule has 0 atom stereocenters. The molecule has 0 fully saturated rings. The van der Waals surface area contributed by atoms with E-state index in [1.54, 1.807) is 30.6 Å². The lowest BCUT2D eigenvalue weighted by Gasteiger charge is -2.12. The van der Waals surface area contributed by atoms with Crippen LogP contribution in [0.3, 0.4) is 0 Å². The molecule has 10 rings (SSSR count). The van der Waals surface area contributed by atoms with E-state index in [4.69, 9.17) is 0 Å². The number of aromatic nitrogens is 2. The second-order valence-electron chi connectivity index (χ2n) is 24.7. The molecule has 0 bridgehead atoms. The first-order chi connectivity index (χ1) is 43.3. The number of benzene rings is 4. The Hall–Kier alpha value is -4.55. The maximum Gasteiger partial charge on any atom is 0.239 e. The molecule has 0 unspecified atom stereocenters. The van der Waals surface area contributed by atoms with Gasteiger partial charge in [0.25, 0.3) is 0 Å². The number of unbranched alkanes of at least 4 members (excludes halogenated alkanes) is 27. The molecule has 1 N–H and O–H groups in total. The number of nitrogens with one attached hydrogen (secondary N) is 1. The number of hydrogen-bond acceptors (Lipinski definition) is 10. The van der Waals surface area contributed by atoms with Gasteiger partial charge >= 0.3 is 0 Å². The van der Waals surface area contributed by atoms with Crippen molar-refractivity contribution in [1.29, 1.82) is 0 Å². The van der Waals surface area contributed by atoms with E-state index in [-0.39, 0.29) is 17.3 Å². The Bertz CT molecular complexity index is 4000. The average Bonchev–Trinajstić information content (AvgIpc) is 1.55. The molecule has 0 aliphatic heterocycles. The van der Waals surface area contributed by atoms with Crippen molar-refractivity contribution >= 4 is 142 Å². The minimum atomic E-state index is -3.66. The van der Waals surface area contributed by atoms with Crippen LogP contribution in [-0.2, 0) is 30.1 Å². The smallest absolute Gasteiger partial charge is 0.239 e. The van der Waals surface area contributed by atoms with E-state index in [0.717, 1.165) is 91.4 Å². The normalized spacial score (nSPS) is 12.4. The highest BCUT2D eigenvalue weighted by molar-refractivity contribution is 7.92. The van der Waals surface area contributed by atoms with Crippen LogP contribution in [0.2, 0.25) is 0 Å². The molecule has 0 spiro atoms. The molecule has 16 heteroatoms. The summed E-state index contributed by atoms with van der Waals surface area (Å²) in [5.41, 5.74) is 6.99. The van der Waals surface area contributed by atoms with Gasteiger partial charge in [-0.1, -0.05) is 273 Å². The lowest BCUT2D eigenvalue weighted by molar-refractivity contribution is 0.556. The Labute approximate surface area is 548 Å². The average molecular weight is 1340 g/mol. The molecule has 0 saturated carbocycles. The number of rotatable bonds is 39. The van der Waals surface area contributed by atoms with Crippen molar-refractivity contribution in [1.82, 2.24) is 7.94 Å². The maximum absolute atomic E-state index is 14.2. The Balaban J connectivity index is 0.000000224. The first kappa shape index (κ1) is 68.8. The summed E-state index contributed by atoms with van der Waals surface area (Å²) in [6.07, 6.45) is 34.8. The molecule has 0 aliphatic carbocycles. The maximum atomic E-state index is 14.2. The van der Waals surface area contributed by atoms with Gasteiger partial charge in [-0.05, 0) is 67.6 Å². The van der Waals surface area contributed by atoms with Crippen molar-refractivity contribution in [3.63, 3.8) is 0 Å². The molecular weight excluding hydrogens is 1240 g/mol. The third kappa shape index (κ3) is 18.0. The van der Waals surface area contributed by atoms with E-state index in [9.17, 15) is 25.3 Å². The highest BCUT2D eigenvalue weighted by Gasteiger charge is 2.31. The summed E-state index contributed by atoms with van der Waals surface area (Å²) in [7, 11) is -10.7. The summed E-state index contributed by atoms with van der Waals surface area (Å²) < 4.78 is 94.7. The van der Waals surface area contributed by atoms with Crippen molar-refractivity contribution in [3.8, 4) is 20.9 Å². The molecule has 89 heavy (non-hydrogen) atoms. The Morgan fingerprint density at radius 1 is 0.360 bits per heavy atom. The van der Waals surface area contributed by atoms with Crippen molar-refractivity contribution in [3.05, 3.63) is 115 Å². The number of thiophene rings is 4. The van der Waals surface area contributed by atoms with Crippen molar-refractivity contribution in [2.24, 2.45) is 0 Å². The number of fused-ring (bicyclic) bond motifs is 10. The van der Waals surface area contributed by atoms with Crippen molar-refractivity contribution in [2.45, 2.75) is 220 Å². The standard InChI is InChI=1S/C42H58N2O4S4.C31H39NO2S3/c1-3-5-7-9-11-13-15-17-19-25-31-51(45,46)43-35-29-23-21-27-33(35)39-37(43)41-42(49-39)38-40(50-41)34-28-22-24-30-36(34)44(38)52(47,48)32-26-20-18-16-14-12-10-8-6-4-2;1-3-4-5-6-7-8-9-10-11-16-21-37(33,34)32-27-20-15-14-19-26(27)29-23-31-30(36-29)22-28(35-31)25-18-13-12-17-24(25)2/h21-24,27-30H,3-20,25-26,31-32H2,1-2H3;12-15,17-20,22-23,32H,3-11,16,21H2,1-2H3. The molecule has 4 aromatic carbocycles. The highest BCUT2D eigenvalue weighted by atomic mass is 32.2. The lowest BCUT2D eigenvalue weighted by atomic mass is 10.1. The van der Waals surface area contributed by atoms with Gasteiger partial charge in [0, 0.05) is 35.5 Å². The van der Waals surface area contributed by atoms with Crippen LogP contribution in [0.4, 0.5) is 5.69 Å². The third-order valence-electron chi connectivity index (χ3n) is 17.5. The zero-order chi connectivity index (χ0) is 62.6. The van der Waals surface area contributed by atoms with E-state index in [0.29, 0.717) is 47.0 Å². The zero-order valence-electron chi connectivity index (χ0n) is 53.4. The Kier molecular flexibility index (Phi) is 26.2. The number of aryl methyl sites for hydroxylation is 1. The van der Waals surface area contributed by atoms with Gasteiger partial charge < -0.3 is 0 Å². The van der Waals surface area contributed by atoms with Gasteiger partial charge in [0.05, 0.1) is 63.8 Å². The van der Waals surface area contributed by atoms with Crippen molar-refractivity contribution < 1.29 is 25.3 Å². The van der Waals surface area contributed by atoms with E-state index >= 15 is 0 Å². The van der Waals surface area contributed by atoms with Gasteiger partial charge in [0.15, 0.2) is 0 Å². The molecule has 6 aromatic heterocycles. The molecule has 6 heterocycles. The summed E-state index contributed by atoms with van der Waals surface area (Å²) in [4.78, 5) is 2.37. The summed E-state index contributed by atoms with van der Waals surface area (Å²) in [5.74, 6) is 0.376. The van der Waals surface area contributed by atoms with Crippen LogP contribution >= 0.6 is 45.3 Å². The fourth-order valence-electron chi connectivity index (χ4n) is 12.6. The van der Waals surface area contributed by atoms with Crippen LogP contribution in [0.5, 0.6) is 0 Å². The minimum Gasteiger partial charge on any atom is -0.283 e. The van der Waals surface area contributed by atoms with Gasteiger partial charge in [-0.25, -0.2) is 33.2 Å². The molecule has 10 aromatic rings. The fourth-order valence-corrected chi connectivity index (χ4v) is 22.8. The van der Waals surface area contributed by atoms with E-state index in [2.05, 4.69) is 68.8 Å². The number of para-hydroxylation sites is 3. The first-order valence-electron chi connectivity index (χ1n) is 33.8. The highest BCUT2D eigenvalue weighted by Crippen LogP contribution is 2.51. The predicted octanol–water partition coefficient (Wildman–Crippen LogP) is 23.6. The van der Waals surface area contributed by atoms with Crippen LogP contribution in [-0.4, -0.2) is 50.5 Å². The van der Waals surface area contributed by atoms with E-state index < -0.39 is 30.1 Å². The topological polar surface area (TPSA) is 124 Å². The number of nitrogens with zero attached hydrogens (tertiary/aromatic N) is 2. The third-order valence-corrected chi connectivity index (χ3v) is 27.3. The lowest BCUT2D eigenvalue weighted by Crippen LogP contribution is -2.17. The SMILES string of the molecule is CCCCCCCCCCCCS(=O)(=O)Nc1ccccc1-c1cc2sc(-c3ccccc3C)cc2s1.CCCCCCCCCCCCS(=O)(=O)n1c2ccccc2c2sc3c(sc4c5ccccc5n(S(=O)(=O)CCCCCCCCCCCC)c43)c21. The fraction of sp³-hybridized carbons (Fsp3) is 0.507. The second kappa shape index (κ2) is 33.9. The summed E-state index contributed by atoms with van der Waals surface area (Å²) in [5, 5.41) is 1.81. The molecule has 0 amide bonds. The summed E-state index contributed by atoms with van der Waals surface area (Å²) in [6, 6.07) is 36.2. The zero-order valence-corrected chi connectivity index (χ0v) is 59.1. The molecular formula is C73H97N3O6S7. The molecule has 0 saturated heterocycles. The van der Waals surface area contributed by atoms with Crippen LogP contribution in [0.25, 0.3) is 81.9 Å². The second-order valence-corrected chi connectivity index (χ2v) is 34.6. The van der Waals surface area contributed by atoms with Gasteiger partial charge in [-0.3, -0.25) is 4.72 Å². The van der Waals surface area contributed by atoms with Crippen LogP contribution < -0.4 is 4.72 Å². The van der Waals surface area contributed by atoms with Crippen LogP contribution in [0.1, 0.15) is 219 Å². The van der Waals surface area contributed by atoms with Crippen LogP contribution in [0, 0.1) is 6.92 Å². The summed E-state index contributed by atoms with van der Waals surface area (Å²) >= 11 is 6.59. The molecule has 9 nitrogen and oxygen atoms in total. The minimum absolute atomic E-state index is 0.0991. The first-order valence-corrected chi connectivity index (χ1v) is 41.9. The van der Waals surface area contributed by atoms with E-state index in [1.165, 1.54) is 170 Å². The number of anilines is 1. The largest absolute Gasteiger partial charge is 0.283 e. The molecule has 0 radical (unpaired) electrons. The van der Waals surface area contributed by atoms with Crippen LogP contribution in [0.15, 0.2) is 109 Å². The Morgan fingerprint density at radius 2 is 0.697 bits per heavy atom. The van der Waals surface area contributed by atoms with Crippen molar-refractivity contribution in [2.75, 3.05) is 22.0 Å². The van der Waals surface area contributed by atoms with Gasteiger partial charge in [0.2, 0.25) is 30.1 Å². The van der Waals surface area contributed by atoms with Gasteiger partial charge in [-0.15, -0.1) is 45.3 Å². The molecule has 0 aliphatic rings. The van der Waals surface area contributed by atoms with E-state index in [1.807, 2.05) is 72.8 Å².